The molecule has 9 heteroatoms. The van der Waals surface area contributed by atoms with Gasteiger partial charge < -0.3 is 10.6 Å². The van der Waals surface area contributed by atoms with Crippen LogP contribution in [0, 0.1) is 18.3 Å². The maximum atomic E-state index is 8.95. The van der Waals surface area contributed by atoms with Crippen molar-refractivity contribution in [3.63, 3.8) is 0 Å². The fraction of sp³-hybridized carbons (Fsp3) is 0.476. The number of fused-ring (bicyclic) bond motifs is 3. The van der Waals surface area contributed by atoms with E-state index in [4.69, 9.17) is 10.2 Å². The first-order chi connectivity index (χ1) is 14.7. The van der Waals surface area contributed by atoms with Crippen LogP contribution in [0.2, 0.25) is 0 Å². The third-order valence-electron chi connectivity index (χ3n) is 6.12. The van der Waals surface area contributed by atoms with Crippen LogP contribution in [0.3, 0.4) is 0 Å². The predicted octanol–water partition coefficient (Wildman–Crippen LogP) is 3.12. The van der Waals surface area contributed by atoms with Gasteiger partial charge in [0.05, 0.1) is 11.5 Å². The van der Waals surface area contributed by atoms with Crippen LogP contribution >= 0.6 is 0 Å². The van der Waals surface area contributed by atoms with Gasteiger partial charge in [-0.2, -0.15) is 20.3 Å². The van der Waals surface area contributed by atoms with E-state index < -0.39 is 0 Å². The van der Waals surface area contributed by atoms with E-state index in [1.807, 2.05) is 25.1 Å². The van der Waals surface area contributed by atoms with Crippen LogP contribution in [0.25, 0.3) is 11.0 Å². The fourth-order valence-electron chi connectivity index (χ4n) is 4.85. The number of hydrogen-bond acceptors (Lipinski definition) is 8. The summed E-state index contributed by atoms with van der Waals surface area (Å²) in [7, 11) is 0. The van der Waals surface area contributed by atoms with Crippen LogP contribution in [0.4, 0.5) is 17.6 Å². The number of rotatable bonds is 6. The summed E-state index contributed by atoms with van der Waals surface area (Å²) in [6.45, 7) is 2.83. The molecule has 154 valence electrons. The number of nitriles is 1. The van der Waals surface area contributed by atoms with Crippen LogP contribution in [0.15, 0.2) is 24.4 Å². The highest BCUT2D eigenvalue weighted by Crippen LogP contribution is 2.37. The lowest BCUT2D eigenvalue weighted by atomic mass is 9.97. The van der Waals surface area contributed by atoms with Crippen molar-refractivity contribution in [2.45, 2.75) is 57.2 Å². The SMILES string of the molecule is Cc1cc(Nc2nc(N[C@@H]3CC4CC[C@@H](C3)N4CCC#N)c3cccnc3n2)n[nH]1. The molecule has 3 atom stereocenters. The van der Waals surface area contributed by atoms with Crippen molar-refractivity contribution in [1.82, 2.24) is 30.0 Å². The van der Waals surface area contributed by atoms with Gasteiger partial charge in [0.25, 0.3) is 0 Å². The number of nitrogens with zero attached hydrogens (tertiary/aromatic N) is 6. The lowest BCUT2D eigenvalue weighted by Crippen LogP contribution is -2.47. The molecule has 3 aromatic heterocycles. The summed E-state index contributed by atoms with van der Waals surface area (Å²) in [5, 5.41) is 23.8. The molecule has 2 aliphatic heterocycles. The number of nitrogens with one attached hydrogen (secondary N) is 3. The zero-order valence-electron chi connectivity index (χ0n) is 17.0. The Morgan fingerprint density at radius 3 is 2.83 bits per heavy atom. The summed E-state index contributed by atoms with van der Waals surface area (Å²) in [6.07, 6.45) is 6.91. The average molecular weight is 403 g/mol. The zero-order chi connectivity index (χ0) is 20.5. The molecule has 3 N–H and O–H groups in total. The van der Waals surface area contributed by atoms with Gasteiger partial charge in [-0.3, -0.25) is 10.00 Å². The van der Waals surface area contributed by atoms with E-state index in [0.29, 0.717) is 42.0 Å². The maximum Gasteiger partial charge on any atom is 0.232 e. The Hall–Kier alpha value is -3.25. The Labute approximate surface area is 174 Å². The smallest absolute Gasteiger partial charge is 0.232 e. The molecule has 9 nitrogen and oxygen atoms in total. The standard InChI is InChI=1S/C21H25N9/c1-13-10-18(29-28-13)25-21-26-19-17(4-2-8-23-19)20(27-21)24-14-11-15-5-6-16(12-14)30(15)9-3-7-22/h2,4,8,10,14-16H,3,5-6,9,11-12H2,1H3,(H3,23,24,25,26,27,28,29)/t14-,15-,16?/m0/s1. The minimum Gasteiger partial charge on any atom is -0.366 e. The number of piperidine rings is 1. The van der Waals surface area contributed by atoms with Crippen molar-refractivity contribution in [2.75, 3.05) is 17.2 Å². The Kier molecular flexibility index (Phi) is 4.93. The van der Waals surface area contributed by atoms with Gasteiger partial charge in [-0.15, -0.1) is 0 Å². The van der Waals surface area contributed by atoms with Crippen LogP contribution in [0.1, 0.15) is 37.8 Å². The van der Waals surface area contributed by atoms with E-state index in [-0.39, 0.29) is 0 Å². The van der Waals surface area contributed by atoms with E-state index in [1.54, 1.807) is 6.20 Å². The van der Waals surface area contributed by atoms with Gasteiger partial charge in [-0.05, 0) is 44.7 Å². The highest BCUT2D eigenvalue weighted by Gasteiger charge is 2.40. The zero-order valence-corrected chi connectivity index (χ0v) is 17.0. The fourth-order valence-corrected chi connectivity index (χ4v) is 4.85. The van der Waals surface area contributed by atoms with Crippen molar-refractivity contribution >= 4 is 28.6 Å². The first-order valence-corrected chi connectivity index (χ1v) is 10.5. The molecule has 0 aromatic carbocycles. The summed E-state index contributed by atoms with van der Waals surface area (Å²) in [5.41, 5.74) is 1.62. The van der Waals surface area contributed by atoms with Crippen molar-refractivity contribution < 1.29 is 0 Å². The lowest BCUT2D eigenvalue weighted by Gasteiger charge is -2.39. The molecule has 0 spiro atoms. The predicted molar refractivity (Wildman–Crippen MR) is 114 cm³/mol. The molecule has 3 aromatic rings. The lowest BCUT2D eigenvalue weighted by molar-refractivity contribution is 0.136. The monoisotopic (exact) mass is 403 g/mol. The van der Waals surface area contributed by atoms with Gasteiger partial charge in [0.15, 0.2) is 11.5 Å². The summed E-state index contributed by atoms with van der Waals surface area (Å²) in [4.78, 5) is 16.3. The molecule has 2 aliphatic rings. The Balaban J connectivity index is 1.38. The largest absolute Gasteiger partial charge is 0.366 e. The Bertz CT molecular complexity index is 1070. The molecule has 0 saturated carbocycles. The number of pyridine rings is 1. The quantitative estimate of drug-likeness (QED) is 0.574. The molecule has 2 saturated heterocycles. The Morgan fingerprint density at radius 2 is 2.10 bits per heavy atom. The molecule has 5 heterocycles. The molecule has 1 unspecified atom stereocenters. The van der Waals surface area contributed by atoms with E-state index >= 15 is 0 Å². The molecule has 5 rings (SSSR count). The van der Waals surface area contributed by atoms with Gasteiger partial charge >= 0.3 is 0 Å². The minimum absolute atomic E-state index is 0.347. The van der Waals surface area contributed by atoms with Crippen molar-refractivity contribution in [3.05, 3.63) is 30.1 Å². The van der Waals surface area contributed by atoms with Crippen molar-refractivity contribution in [3.8, 4) is 6.07 Å². The number of anilines is 3. The van der Waals surface area contributed by atoms with E-state index in [0.717, 1.165) is 36.3 Å². The summed E-state index contributed by atoms with van der Waals surface area (Å²) < 4.78 is 0. The number of H-pyrrole nitrogens is 1. The minimum atomic E-state index is 0.347. The normalized spacial score (nSPS) is 23.4. The highest BCUT2D eigenvalue weighted by molar-refractivity contribution is 5.87. The number of hydrogen-bond donors (Lipinski definition) is 3. The van der Waals surface area contributed by atoms with E-state index in [1.165, 1.54) is 12.8 Å². The molecule has 30 heavy (non-hydrogen) atoms. The molecule has 2 bridgehead atoms. The second-order valence-corrected chi connectivity index (χ2v) is 8.18. The topological polar surface area (TPSA) is 118 Å². The molecule has 0 radical (unpaired) electrons. The van der Waals surface area contributed by atoms with Gasteiger partial charge in [-0.1, -0.05) is 0 Å². The molecule has 0 amide bonds. The van der Waals surface area contributed by atoms with Crippen molar-refractivity contribution in [1.29, 1.82) is 5.26 Å². The molecule has 2 fully saturated rings. The third-order valence-corrected chi connectivity index (χ3v) is 6.12. The summed E-state index contributed by atoms with van der Waals surface area (Å²) in [6, 6.07) is 9.55. The maximum absolute atomic E-state index is 8.95. The van der Waals surface area contributed by atoms with Crippen molar-refractivity contribution in [2.24, 2.45) is 0 Å². The van der Waals surface area contributed by atoms with Gasteiger partial charge in [0.1, 0.15) is 5.82 Å². The van der Waals surface area contributed by atoms with Crippen LogP contribution in [0.5, 0.6) is 0 Å². The van der Waals surface area contributed by atoms with Crippen LogP contribution in [-0.2, 0) is 0 Å². The van der Waals surface area contributed by atoms with Gasteiger partial charge in [-0.25, -0.2) is 4.98 Å². The first kappa shape index (κ1) is 18.8. The summed E-state index contributed by atoms with van der Waals surface area (Å²) in [5.74, 6) is 1.96. The number of aryl methyl sites for hydroxylation is 1. The molecular weight excluding hydrogens is 378 g/mol. The van der Waals surface area contributed by atoms with E-state index in [2.05, 4.69) is 41.8 Å². The molecule has 0 aliphatic carbocycles. The van der Waals surface area contributed by atoms with Gasteiger partial charge in [0.2, 0.25) is 5.95 Å². The van der Waals surface area contributed by atoms with E-state index in [9.17, 15) is 0 Å². The second kappa shape index (κ2) is 7.88. The first-order valence-electron chi connectivity index (χ1n) is 10.5. The average Bonchev–Trinajstić information content (AvgIpc) is 3.25. The van der Waals surface area contributed by atoms with Crippen LogP contribution in [-0.4, -0.2) is 54.7 Å². The number of aromatic nitrogens is 5. The second-order valence-electron chi connectivity index (χ2n) is 8.18. The summed E-state index contributed by atoms with van der Waals surface area (Å²) >= 11 is 0. The third kappa shape index (κ3) is 3.66. The highest BCUT2D eigenvalue weighted by atomic mass is 15.3. The molecular formula is C21H25N9. The van der Waals surface area contributed by atoms with Gasteiger partial charge in [0, 0.05) is 49.0 Å². The Morgan fingerprint density at radius 1 is 1.27 bits per heavy atom. The van der Waals surface area contributed by atoms with Crippen LogP contribution < -0.4 is 10.6 Å². The number of aromatic amines is 1.